The molecule has 108 valence electrons. The number of hydrogen-bond donors (Lipinski definition) is 2. The highest BCUT2D eigenvalue weighted by Gasteiger charge is 2.50. The maximum Gasteiger partial charge on any atom is 0.352 e. The third kappa shape index (κ3) is 5.02. The number of carbonyl (C=O) groups is 2. The molecular weight excluding hydrogens is 270 g/mol. The number of sulfone groups is 1. The number of allylic oxidation sites excluding steroid dienone is 1. The summed E-state index contributed by atoms with van der Waals surface area (Å²) in [4.78, 5) is 22.7. The molecule has 0 aliphatic heterocycles. The molecule has 0 aromatic rings. The van der Waals surface area contributed by atoms with Crippen LogP contribution < -0.4 is 5.32 Å². The molecule has 1 saturated carbocycles. The van der Waals surface area contributed by atoms with Gasteiger partial charge in [-0.25, -0.2) is 13.2 Å². The summed E-state index contributed by atoms with van der Waals surface area (Å²) >= 11 is 0. The SMILES string of the molecule is CC1(C)CC1C(=O)NC(=CCCS(C)(=O)=O)C(=O)O. The molecule has 0 radical (unpaired) electrons. The van der Waals surface area contributed by atoms with E-state index in [-0.39, 0.29) is 35.1 Å². The predicted molar refractivity (Wildman–Crippen MR) is 70.1 cm³/mol. The Morgan fingerprint density at radius 2 is 1.95 bits per heavy atom. The molecule has 6 nitrogen and oxygen atoms in total. The number of rotatable bonds is 6. The van der Waals surface area contributed by atoms with Crippen molar-refractivity contribution in [2.45, 2.75) is 26.7 Å². The molecule has 0 saturated heterocycles. The highest BCUT2D eigenvalue weighted by molar-refractivity contribution is 7.90. The number of carbonyl (C=O) groups excluding carboxylic acids is 1. The number of carboxylic acid groups (broad SMARTS) is 1. The number of carboxylic acids is 1. The molecule has 1 aliphatic carbocycles. The minimum absolute atomic E-state index is 0.0643. The van der Waals surface area contributed by atoms with E-state index in [1.807, 2.05) is 13.8 Å². The second-order valence-corrected chi connectivity index (χ2v) is 7.84. The van der Waals surface area contributed by atoms with Gasteiger partial charge in [-0.3, -0.25) is 4.79 Å². The highest BCUT2D eigenvalue weighted by Crippen LogP contribution is 2.51. The molecule has 0 heterocycles. The fourth-order valence-electron chi connectivity index (χ4n) is 1.74. The van der Waals surface area contributed by atoms with Crippen LogP contribution in [0.25, 0.3) is 0 Å². The number of hydrogen-bond acceptors (Lipinski definition) is 4. The van der Waals surface area contributed by atoms with Crippen molar-refractivity contribution in [2.75, 3.05) is 12.0 Å². The average molecular weight is 289 g/mol. The van der Waals surface area contributed by atoms with Crippen molar-refractivity contribution < 1.29 is 23.1 Å². The molecule has 0 bridgehead atoms. The van der Waals surface area contributed by atoms with E-state index in [4.69, 9.17) is 5.11 Å². The summed E-state index contributed by atoms with van der Waals surface area (Å²) in [5.74, 6) is -1.90. The molecule has 1 rings (SSSR count). The molecule has 0 aromatic carbocycles. The van der Waals surface area contributed by atoms with Crippen molar-refractivity contribution in [2.24, 2.45) is 11.3 Å². The van der Waals surface area contributed by atoms with Crippen molar-refractivity contribution in [1.82, 2.24) is 5.32 Å². The Bertz CT molecular complexity index is 518. The molecule has 2 N–H and O–H groups in total. The van der Waals surface area contributed by atoms with Gasteiger partial charge in [0.25, 0.3) is 0 Å². The molecule has 1 atom stereocenters. The highest BCUT2D eigenvalue weighted by atomic mass is 32.2. The van der Waals surface area contributed by atoms with Crippen molar-refractivity contribution in [3.63, 3.8) is 0 Å². The maximum absolute atomic E-state index is 11.8. The van der Waals surface area contributed by atoms with Crippen LogP contribution in [0.4, 0.5) is 0 Å². The zero-order chi connectivity index (χ0) is 14.8. The van der Waals surface area contributed by atoms with Gasteiger partial charge in [-0.1, -0.05) is 19.9 Å². The first-order chi connectivity index (χ1) is 8.53. The maximum atomic E-state index is 11.8. The van der Waals surface area contributed by atoms with Crippen LogP contribution in [-0.4, -0.2) is 37.4 Å². The fourth-order valence-corrected chi connectivity index (χ4v) is 2.29. The Morgan fingerprint density at radius 1 is 1.42 bits per heavy atom. The van der Waals surface area contributed by atoms with Crippen molar-refractivity contribution >= 4 is 21.7 Å². The second-order valence-electron chi connectivity index (χ2n) is 5.58. The quantitative estimate of drug-likeness (QED) is 0.695. The lowest BCUT2D eigenvalue weighted by molar-refractivity contribution is -0.135. The van der Waals surface area contributed by atoms with Gasteiger partial charge in [0.15, 0.2) is 0 Å². The molecular formula is C12H19NO5S. The lowest BCUT2D eigenvalue weighted by Gasteiger charge is -2.07. The molecule has 1 amide bonds. The molecule has 0 aromatic heterocycles. The van der Waals surface area contributed by atoms with Crippen LogP contribution in [0.15, 0.2) is 11.8 Å². The van der Waals surface area contributed by atoms with Crippen LogP contribution in [0.2, 0.25) is 0 Å². The Kier molecular flexibility index (Phi) is 4.39. The van der Waals surface area contributed by atoms with Crippen LogP contribution in [-0.2, 0) is 19.4 Å². The van der Waals surface area contributed by atoms with E-state index in [2.05, 4.69) is 5.32 Å². The van der Waals surface area contributed by atoms with E-state index in [0.717, 1.165) is 12.7 Å². The first-order valence-electron chi connectivity index (χ1n) is 5.95. The summed E-state index contributed by atoms with van der Waals surface area (Å²) in [7, 11) is -3.15. The second kappa shape index (κ2) is 5.32. The van der Waals surface area contributed by atoms with Crippen molar-refractivity contribution in [3.8, 4) is 0 Å². The smallest absolute Gasteiger partial charge is 0.352 e. The third-order valence-corrected chi connectivity index (χ3v) is 4.13. The molecule has 19 heavy (non-hydrogen) atoms. The van der Waals surface area contributed by atoms with Gasteiger partial charge in [0.05, 0.1) is 5.75 Å². The lowest BCUT2D eigenvalue weighted by atomic mass is 10.1. The van der Waals surface area contributed by atoms with E-state index < -0.39 is 15.8 Å². The number of amides is 1. The third-order valence-electron chi connectivity index (χ3n) is 3.16. The minimum Gasteiger partial charge on any atom is -0.477 e. The van der Waals surface area contributed by atoms with Crippen molar-refractivity contribution in [3.05, 3.63) is 11.8 Å². The molecule has 1 aliphatic rings. The van der Waals surface area contributed by atoms with Gasteiger partial charge < -0.3 is 10.4 Å². The summed E-state index contributed by atoms with van der Waals surface area (Å²) in [6.07, 6.45) is 3.10. The van der Waals surface area contributed by atoms with Gasteiger partial charge in [0.2, 0.25) is 5.91 Å². The summed E-state index contributed by atoms with van der Waals surface area (Å²) in [6, 6.07) is 0. The predicted octanol–water partition coefficient (Wildman–Crippen LogP) is 0.552. The molecule has 7 heteroatoms. The Labute approximate surface area is 112 Å². The van der Waals surface area contributed by atoms with Crippen LogP contribution in [0.1, 0.15) is 26.7 Å². The van der Waals surface area contributed by atoms with Gasteiger partial charge in [-0.05, 0) is 18.3 Å². The lowest BCUT2D eigenvalue weighted by Crippen LogP contribution is -2.29. The Morgan fingerprint density at radius 3 is 2.32 bits per heavy atom. The summed E-state index contributed by atoms with van der Waals surface area (Å²) < 4.78 is 21.9. The fraction of sp³-hybridized carbons (Fsp3) is 0.667. The van der Waals surface area contributed by atoms with Gasteiger partial charge in [-0.15, -0.1) is 0 Å². The standard InChI is InChI=1S/C12H19NO5S/c1-12(2)7-8(12)10(14)13-9(11(15)16)5-4-6-19(3,17)18/h5,8H,4,6-7H2,1-3H3,(H,13,14)(H,15,16). The number of nitrogens with one attached hydrogen (secondary N) is 1. The summed E-state index contributed by atoms with van der Waals surface area (Å²) in [6.45, 7) is 3.87. The van der Waals surface area contributed by atoms with E-state index in [9.17, 15) is 18.0 Å². The van der Waals surface area contributed by atoms with E-state index in [1.165, 1.54) is 6.08 Å². The van der Waals surface area contributed by atoms with Gasteiger partial charge in [-0.2, -0.15) is 0 Å². The first kappa shape index (κ1) is 15.7. The normalized spacial score (nSPS) is 21.8. The van der Waals surface area contributed by atoms with Crippen LogP contribution in [0.3, 0.4) is 0 Å². The van der Waals surface area contributed by atoms with E-state index in [1.54, 1.807) is 0 Å². The number of aliphatic carboxylic acids is 1. The monoisotopic (exact) mass is 289 g/mol. The molecule has 1 unspecified atom stereocenters. The molecule has 1 fully saturated rings. The van der Waals surface area contributed by atoms with Gasteiger partial charge in [0, 0.05) is 12.2 Å². The Balaban J connectivity index is 2.61. The largest absolute Gasteiger partial charge is 0.477 e. The van der Waals surface area contributed by atoms with E-state index in [0.29, 0.717) is 0 Å². The molecule has 0 spiro atoms. The Hall–Kier alpha value is -1.37. The van der Waals surface area contributed by atoms with E-state index >= 15 is 0 Å². The van der Waals surface area contributed by atoms with Crippen LogP contribution >= 0.6 is 0 Å². The van der Waals surface area contributed by atoms with Gasteiger partial charge in [0.1, 0.15) is 15.5 Å². The van der Waals surface area contributed by atoms with Crippen molar-refractivity contribution in [1.29, 1.82) is 0 Å². The topological polar surface area (TPSA) is 101 Å². The minimum atomic E-state index is -3.15. The zero-order valence-electron chi connectivity index (χ0n) is 11.3. The zero-order valence-corrected chi connectivity index (χ0v) is 12.1. The first-order valence-corrected chi connectivity index (χ1v) is 8.01. The van der Waals surface area contributed by atoms with Crippen LogP contribution in [0, 0.1) is 11.3 Å². The van der Waals surface area contributed by atoms with Gasteiger partial charge >= 0.3 is 5.97 Å². The summed E-state index contributed by atoms with van der Waals surface area (Å²) in [5.41, 5.74) is -0.336. The average Bonchev–Trinajstić information content (AvgIpc) is 2.84. The van der Waals surface area contributed by atoms with Crippen LogP contribution in [0.5, 0.6) is 0 Å². The summed E-state index contributed by atoms with van der Waals surface area (Å²) in [5, 5.41) is 11.3.